The highest BCUT2D eigenvalue weighted by Crippen LogP contribution is 2.08. The van der Waals surface area contributed by atoms with Crippen molar-refractivity contribution >= 4 is 21.8 Å². The summed E-state index contributed by atoms with van der Waals surface area (Å²) in [6, 6.07) is 1.86. The molecule has 1 heterocycles. The summed E-state index contributed by atoms with van der Waals surface area (Å²) in [4.78, 5) is 8.53. The van der Waals surface area contributed by atoms with E-state index < -0.39 is 10.0 Å². The van der Waals surface area contributed by atoms with Gasteiger partial charge < -0.3 is 10.6 Å². The molecule has 0 amide bonds. The number of hydrogen-bond acceptors (Lipinski definition) is 6. The lowest BCUT2D eigenvalue weighted by Gasteiger charge is -2.09. The molecule has 0 aliphatic heterocycles. The monoisotopic (exact) mass is 301 g/mol. The van der Waals surface area contributed by atoms with Crippen LogP contribution in [-0.4, -0.2) is 43.8 Å². The highest BCUT2D eigenvalue weighted by atomic mass is 32.2. The lowest BCUT2D eigenvalue weighted by Crippen LogP contribution is -2.31. The molecule has 0 radical (unpaired) electrons. The van der Waals surface area contributed by atoms with Crippen molar-refractivity contribution in [2.24, 2.45) is 0 Å². The van der Waals surface area contributed by atoms with Crippen molar-refractivity contribution in [1.82, 2.24) is 14.7 Å². The predicted molar refractivity (Wildman–Crippen MR) is 81.5 cm³/mol. The Labute approximate surface area is 120 Å². The zero-order valence-electron chi connectivity index (χ0n) is 12.2. The van der Waals surface area contributed by atoms with E-state index in [2.05, 4.69) is 25.3 Å². The molecule has 0 spiro atoms. The van der Waals surface area contributed by atoms with Gasteiger partial charge in [0.1, 0.15) is 5.82 Å². The minimum Gasteiger partial charge on any atom is -0.370 e. The van der Waals surface area contributed by atoms with E-state index in [1.165, 1.54) is 0 Å². The molecule has 0 atom stereocenters. The van der Waals surface area contributed by atoms with E-state index in [0.717, 1.165) is 18.1 Å². The maximum atomic E-state index is 11.5. The second-order valence-electron chi connectivity index (χ2n) is 4.39. The fourth-order valence-electron chi connectivity index (χ4n) is 1.64. The van der Waals surface area contributed by atoms with Gasteiger partial charge in [0.15, 0.2) is 0 Å². The lowest BCUT2D eigenvalue weighted by atomic mass is 10.4. The van der Waals surface area contributed by atoms with Crippen LogP contribution >= 0.6 is 0 Å². The number of hydrogen-bond donors (Lipinski definition) is 3. The van der Waals surface area contributed by atoms with Crippen LogP contribution in [0.3, 0.4) is 0 Å². The van der Waals surface area contributed by atoms with Gasteiger partial charge in [-0.15, -0.1) is 0 Å². The average Bonchev–Trinajstić information content (AvgIpc) is 2.34. The van der Waals surface area contributed by atoms with Crippen molar-refractivity contribution in [1.29, 1.82) is 0 Å². The van der Waals surface area contributed by atoms with Crippen molar-refractivity contribution in [2.75, 3.05) is 36.0 Å². The molecule has 0 saturated carbocycles. The van der Waals surface area contributed by atoms with Crippen molar-refractivity contribution in [3.8, 4) is 0 Å². The zero-order valence-corrected chi connectivity index (χ0v) is 13.0. The van der Waals surface area contributed by atoms with E-state index in [0.29, 0.717) is 25.5 Å². The second-order valence-corrected chi connectivity index (χ2v) is 6.31. The number of nitrogens with one attached hydrogen (secondary N) is 3. The third-order valence-electron chi connectivity index (χ3n) is 2.42. The number of nitrogens with zero attached hydrogens (tertiary/aromatic N) is 2. The van der Waals surface area contributed by atoms with E-state index in [-0.39, 0.29) is 5.75 Å². The molecule has 1 aromatic heterocycles. The first-order chi connectivity index (χ1) is 9.46. The van der Waals surface area contributed by atoms with Crippen LogP contribution in [0.4, 0.5) is 11.8 Å². The topological polar surface area (TPSA) is 96.0 Å². The maximum Gasteiger partial charge on any atom is 0.224 e. The number of aryl methyl sites for hydroxylation is 1. The minimum absolute atomic E-state index is 0.151. The normalized spacial score (nSPS) is 11.3. The summed E-state index contributed by atoms with van der Waals surface area (Å²) >= 11 is 0. The summed E-state index contributed by atoms with van der Waals surface area (Å²) in [7, 11) is -3.15. The van der Waals surface area contributed by atoms with Crippen LogP contribution < -0.4 is 15.4 Å². The number of aromatic nitrogens is 2. The Morgan fingerprint density at radius 3 is 2.55 bits per heavy atom. The second kappa shape index (κ2) is 8.01. The van der Waals surface area contributed by atoms with Gasteiger partial charge in [-0.1, -0.05) is 6.92 Å². The third kappa shape index (κ3) is 6.16. The van der Waals surface area contributed by atoms with Crippen molar-refractivity contribution in [3.05, 3.63) is 11.8 Å². The Morgan fingerprint density at radius 1 is 1.15 bits per heavy atom. The Hall–Kier alpha value is -1.41. The molecule has 0 unspecified atom stereocenters. The quantitative estimate of drug-likeness (QED) is 0.588. The van der Waals surface area contributed by atoms with Gasteiger partial charge in [0.05, 0.1) is 5.75 Å². The van der Waals surface area contributed by atoms with Gasteiger partial charge in [-0.2, -0.15) is 4.98 Å². The van der Waals surface area contributed by atoms with Gasteiger partial charge in [0.2, 0.25) is 16.0 Å². The highest BCUT2D eigenvalue weighted by Gasteiger charge is 2.07. The van der Waals surface area contributed by atoms with E-state index in [9.17, 15) is 8.42 Å². The Balaban J connectivity index is 2.46. The van der Waals surface area contributed by atoms with Crippen molar-refractivity contribution in [2.45, 2.75) is 27.2 Å². The molecule has 0 aromatic carbocycles. The summed E-state index contributed by atoms with van der Waals surface area (Å²) < 4.78 is 25.4. The summed E-state index contributed by atoms with van der Waals surface area (Å²) in [6.45, 7) is 7.26. The lowest BCUT2D eigenvalue weighted by molar-refractivity contribution is 0.581. The van der Waals surface area contributed by atoms with Gasteiger partial charge in [-0.25, -0.2) is 18.1 Å². The van der Waals surface area contributed by atoms with E-state index in [1.54, 1.807) is 0 Å². The molecule has 0 saturated heterocycles. The number of rotatable bonds is 9. The molecule has 1 aromatic rings. The SMILES string of the molecule is CCCS(=O)(=O)NCCNc1nc(C)cc(NCC)n1. The van der Waals surface area contributed by atoms with Crippen LogP contribution in [-0.2, 0) is 10.0 Å². The van der Waals surface area contributed by atoms with E-state index in [1.807, 2.05) is 26.8 Å². The Kier molecular flexibility index (Phi) is 6.66. The molecule has 1 rings (SSSR count). The third-order valence-corrected chi connectivity index (χ3v) is 4.00. The molecule has 20 heavy (non-hydrogen) atoms. The van der Waals surface area contributed by atoms with Crippen molar-refractivity contribution in [3.63, 3.8) is 0 Å². The molecule has 114 valence electrons. The predicted octanol–water partition coefficient (Wildman–Crippen LogP) is 0.958. The molecular formula is C12H23N5O2S. The van der Waals surface area contributed by atoms with Gasteiger partial charge in [-0.3, -0.25) is 0 Å². The Morgan fingerprint density at radius 2 is 1.90 bits per heavy atom. The Bertz CT molecular complexity index is 519. The smallest absolute Gasteiger partial charge is 0.224 e. The standard InChI is InChI=1S/C12H23N5O2S/c1-4-8-20(18,19)15-7-6-14-12-16-10(3)9-11(17-12)13-5-2/h9,15H,4-8H2,1-3H3,(H2,13,14,16,17). The maximum absolute atomic E-state index is 11.5. The number of sulfonamides is 1. The first-order valence-electron chi connectivity index (χ1n) is 6.77. The highest BCUT2D eigenvalue weighted by molar-refractivity contribution is 7.89. The summed E-state index contributed by atoms with van der Waals surface area (Å²) in [5.74, 6) is 1.41. The number of anilines is 2. The molecule has 0 fully saturated rings. The summed E-state index contributed by atoms with van der Waals surface area (Å²) in [6.07, 6.45) is 0.607. The van der Waals surface area contributed by atoms with E-state index in [4.69, 9.17) is 0 Å². The van der Waals surface area contributed by atoms with Gasteiger partial charge in [0, 0.05) is 31.4 Å². The molecular weight excluding hydrogens is 278 g/mol. The molecule has 8 heteroatoms. The van der Waals surface area contributed by atoms with Crippen LogP contribution in [0.2, 0.25) is 0 Å². The fraction of sp³-hybridized carbons (Fsp3) is 0.667. The summed E-state index contributed by atoms with van der Waals surface area (Å²) in [5, 5.41) is 6.13. The summed E-state index contributed by atoms with van der Waals surface area (Å²) in [5.41, 5.74) is 0.852. The van der Waals surface area contributed by atoms with Gasteiger partial charge in [0.25, 0.3) is 0 Å². The van der Waals surface area contributed by atoms with Crippen LogP contribution in [0.15, 0.2) is 6.07 Å². The van der Waals surface area contributed by atoms with Crippen LogP contribution in [0.5, 0.6) is 0 Å². The molecule has 0 bridgehead atoms. The molecule has 0 aliphatic carbocycles. The molecule has 3 N–H and O–H groups in total. The minimum atomic E-state index is -3.15. The molecule has 0 aliphatic rings. The van der Waals surface area contributed by atoms with Crippen molar-refractivity contribution < 1.29 is 8.42 Å². The zero-order chi connectivity index (χ0) is 15.0. The fourth-order valence-corrected chi connectivity index (χ4v) is 2.74. The van der Waals surface area contributed by atoms with Crippen LogP contribution in [0, 0.1) is 6.92 Å². The van der Waals surface area contributed by atoms with Crippen LogP contribution in [0.1, 0.15) is 26.0 Å². The van der Waals surface area contributed by atoms with Gasteiger partial charge >= 0.3 is 0 Å². The largest absolute Gasteiger partial charge is 0.370 e. The first kappa shape index (κ1) is 16.6. The van der Waals surface area contributed by atoms with Gasteiger partial charge in [-0.05, 0) is 20.3 Å². The van der Waals surface area contributed by atoms with Crippen LogP contribution in [0.25, 0.3) is 0 Å². The van der Waals surface area contributed by atoms with E-state index >= 15 is 0 Å². The average molecular weight is 301 g/mol. The first-order valence-corrected chi connectivity index (χ1v) is 8.43. The molecule has 7 nitrogen and oxygen atoms in total.